The van der Waals surface area contributed by atoms with Crippen LogP contribution in [-0.4, -0.2) is 9.52 Å². The summed E-state index contributed by atoms with van der Waals surface area (Å²) >= 11 is -0.826. The van der Waals surface area contributed by atoms with Gasteiger partial charge in [0.25, 0.3) is 0 Å². The molecule has 1 aliphatic heterocycles. The number of hydrogen-bond donors (Lipinski definition) is 0. The number of halogens is 2. The van der Waals surface area contributed by atoms with Crippen LogP contribution in [0.3, 0.4) is 0 Å². The third-order valence-electron chi connectivity index (χ3n) is 15.0. The van der Waals surface area contributed by atoms with E-state index < -0.39 is 20.8 Å². The first-order valence-electron chi connectivity index (χ1n) is 28.5. The normalized spacial score (nSPS) is 12.3. The first-order chi connectivity index (χ1) is 35.9. The van der Waals surface area contributed by atoms with Crippen LogP contribution in [0.1, 0.15) is 194 Å². The summed E-state index contributed by atoms with van der Waals surface area (Å²) in [5.74, 6) is 0. The molecule has 0 nitrogen and oxygen atoms in total. The van der Waals surface area contributed by atoms with Crippen molar-refractivity contribution < 1.29 is 20.8 Å². The van der Waals surface area contributed by atoms with Crippen molar-refractivity contribution in [3.8, 4) is 33.4 Å². The molecule has 0 bridgehead atoms. The van der Waals surface area contributed by atoms with E-state index in [4.69, 9.17) is 17.0 Å². The Kier molecular flexibility index (Phi) is 21.8. The molecule has 0 saturated carbocycles. The van der Waals surface area contributed by atoms with E-state index in [1.807, 2.05) is 6.07 Å². The standard InChI is InChI=1S/2C30H41.C12H7Si.2ClH.Zr/c2*1-9-11-13-21-16-23-15-14-22(12-10-2)28(27(23)17-21)24-18-25(29(3,4)5)20-26(19-24)30(6,7)8;1-3-7-11-9(5-1)10-6-2-4-8-12(10)13-11;;;/h2*14-20H,9-13H2,1-8H3;1-7H;2*1H;/q3*-1;;;+2/p-2. The van der Waals surface area contributed by atoms with Crippen LogP contribution < -0.4 is 10.4 Å². The molecule has 0 spiro atoms. The molecule has 0 saturated heterocycles. The van der Waals surface area contributed by atoms with E-state index in [1.165, 1.54) is 161 Å². The molecule has 0 atom stereocenters. The van der Waals surface area contributed by atoms with E-state index in [-0.39, 0.29) is 21.7 Å². The number of hydrogen-bond acceptors (Lipinski definition) is 0. The maximum absolute atomic E-state index is 4.93. The van der Waals surface area contributed by atoms with Gasteiger partial charge in [-0.15, -0.1) is 74.6 Å². The van der Waals surface area contributed by atoms with Crippen molar-refractivity contribution in [3.63, 3.8) is 0 Å². The van der Waals surface area contributed by atoms with Crippen LogP contribution in [0.25, 0.3) is 54.9 Å². The quantitative estimate of drug-likeness (QED) is 0.0845. The number of unbranched alkanes of at least 4 members (excludes halogenated alkanes) is 2. The Morgan fingerprint density at radius 1 is 0.461 bits per heavy atom. The summed E-state index contributed by atoms with van der Waals surface area (Å²) in [4.78, 5) is 0. The third-order valence-corrected chi connectivity index (χ3v) is 16.4. The smallest absolute Gasteiger partial charge is 0.0920 e. The monoisotopic (exact) mass is 1140 g/mol. The van der Waals surface area contributed by atoms with Gasteiger partial charge in [0.1, 0.15) is 0 Å². The van der Waals surface area contributed by atoms with Gasteiger partial charge in [-0.05, 0) is 80.7 Å². The predicted octanol–water partition coefficient (Wildman–Crippen LogP) is 20.7. The molecule has 402 valence electrons. The fourth-order valence-corrected chi connectivity index (χ4v) is 11.8. The first-order valence-corrected chi connectivity index (χ1v) is 35.9. The fourth-order valence-electron chi connectivity index (χ4n) is 10.5. The van der Waals surface area contributed by atoms with Gasteiger partial charge in [-0.3, -0.25) is 0 Å². The molecule has 0 amide bonds. The second-order valence-electron chi connectivity index (χ2n) is 25.4. The van der Waals surface area contributed by atoms with Crippen LogP contribution in [-0.2, 0) is 68.2 Å². The largest absolute Gasteiger partial charge is 0.184 e. The molecule has 0 aromatic heterocycles. The molecule has 0 fully saturated rings. The van der Waals surface area contributed by atoms with E-state index in [1.54, 1.807) is 0 Å². The molecule has 0 aliphatic carbocycles. The molecule has 0 unspecified atom stereocenters. The van der Waals surface area contributed by atoms with Crippen molar-refractivity contribution in [2.75, 3.05) is 0 Å². The van der Waals surface area contributed by atoms with Crippen molar-refractivity contribution in [1.29, 1.82) is 0 Å². The van der Waals surface area contributed by atoms with Gasteiger partial charge in [0, 0.05) is 0 Å². The molecule has 1 aliphatic rings. The van der Waals surface area contributed by atoms with Gasteiger partial charge in [-0.1, -0.05) is 243 Å². The van der Waals surface area contributed by atoms with Crippen LogP contribution in [0.15, 0.2) is 127 Å². The maximum atomic E-state index is 4.93. The molecule has 1 heterocycles. The zero-order valence-electron chi connectivity index (χ0n) is 49.5. The molecule has 8 aromatic rings. The first kappa shape index (κ1) is 61.4. The average Bonchev–Trinajstić information content (AvgIpc) is 4.10. The summed E-state index contributed by atoms with van der Waals surface area (Å²) in [6.07, 6.45) is 12.0. The molecule has 8 aromatic carbocycles. The summed E-state index contributed by atoms with van der Waals surface area (Å²) in [7, 11) is 10.7. The third kappa shape index (κ3) is 15.7. The number of fused-ring (bicyclic) bond motifs is 5. The fraction of sp³-hybridized carbons (Fsp3) is 0.417. The van der Waals surface area contributed by atoms with Gasteiger partial charge >= 0.3 is 37.9 Å². The summed E-state index contributed by atoms with van der Waals surface area (Å²) in [5, 5.41) is 8.50. The van der Waals surface area contributed by atoms with Crippen molar-refractivity contribution >= 4 is 58.5 Å². The summed E-state index contributed by atoms with van der Waals surface area (Å²) in [5.41, 5.74) is 20.7. The van der Waals surface area contributed by atoms with Crippen molar-refractivity contribution in [2.45, 2.75) is 197 Å². The predicted molar refractivity (Wildman–Crippen MR) is 337 cm³/mol. The van der Waals surface area contributed by atoms with Crippen LogP contribution in [0.2, 0.25) is 0 Å². The molecule has 4 heteroatoms. The Hall–Kier alpha value is -3.78. The van der Waals surface area contributed by atoms with E-state index in [0.29, 0.717) is 0 Å². The Bertz CT molecular complexity index is 2870. The molecular weight excluding hydrogens is 1060 g/mol. The SMILES string of the molecule is CCCCc1cc2c(-c3cc(C(C)(C)C)cc(C(C)(C)C)c3)c(CCC)ccc2[cH-]1.CCCCc1cc2c(-c3cc(C(C)(C)C)cc(C(C)(C)C)c3)c(CCC)ccc2[cH-]1.[Cl][Zr][Cl].[c-]1cccc2c1[Si]c1ccccc1-2. The van der Waals surface area contributed by atoms with E-state index >= 15 is 0 Å². The second kappa shape index (κ2) is 26.9. The Morgan fingerprint density at radius 3 is 1.24 bits per heavy atom. The van der Waals surface area contributed by atoms with E-state index in [9.17, 15) is 0 Å². The molecule has 0 N–H and O–H groups in total. The van der Waals surface area contributed by atoms with Crippen molar-refractivity contribution in [2.24, 2.45) is 0 Å². The van der Waals surface area contributed by atoms with Crippen molar-refractivity contribution in [1.82, 2.24) is 0 Å². The Morgan fingerprint density at radius 2 is 0.855 bits per heavy atom. The molecular formula is C72H89Cl2SiZr-3. The number of aryl methyl sites for hydroxylation is 4. The Labute approximate surface area is 483 Å². The minimum atomic E-state index is -0.826. The molecule has 9 rings (SSSR count). The van der Waals surface area contributed by atoms with Gasteiger partial charge in [0.2, 0.25) is 0 Å². The maximum Gasteiger partial charge on any atom is 0.0920 e. The average molecular weight is 1140 g/mol. The minimum Gasteiger partial charge on any atom is -0.184 e. The molecule has 2 radical (unpaired) electrons. The van der Waals surface area contributed by atoms with Crippen LogP contribution in [0.4, 0.5) is 0 Å². The topological polar surface area (TPSA) is 0 Å². The van der Waals surface area contributed by atoms with Gasteiger partial charge in [0.15, 0.2) is 0 Å². The van der Waals surface area contributed by atoms with Crippen LogP contribution in [0.5, 0.6) is 0 Å². The number of benzene rings is 6. The second-order valence-corrected chi connectivity index (χ2v) is 30.5. The van der Waals surface area contributed by atoms with E-state index in [2.05, 4.69) is 238 Å². The summed E-state index contributed by atoms with van der Waals surface area (Å²) < 4.78 is 0. The zero-order chi connectivity index (χ0) is 55.6. The minimum absolute atomic E-state index is 0.132. The molecule has 76 heavy (non-hydrogen) atoms. The van der Waals surface area contributed by atoms with Crippen LogP contribution >= 0.6 is 17.0 Å². The van der Waals surface area contributed by atoms with Gasteiger partial charge in [0.05, 0.1) is 9.52 Å². The van der Waals surface area contributed by atoms with Gasteiger partial charge in [-0.25, -0.2) is 0 Å². The number of rotatable bonds is 12. The Balaban J connectivity index is 0.000000192. The van der Waals surface area contributed by atoms with Crippen LogP contribution in [0, 0.1) is 6.07 Å². The van der Waals surface area contributed by atoms with Crippen molar-refractivity contribution in [3.05, 3.63) is 178 Å². The summed E-state index contributed by atoms with van der Waals surface area (Å²) in [6.45, 7) is 37.1. The van der Waals surface area contributed by atoms with Gasteiger partial charge < -0.3 is 0 Å². The zero-order valence-corrected chi connectivity index (χ0v) is 54.4. The summed E-state index contributed by atoms with van der Waals surface area (Å²) in [6, 6.07) is 52.1. The van der Waals surface area contributed by atoms with E-state index in [0.717, 1.165) is 22.4 Å². The van der Waals surface area contributed by atoms with Gasteiger partial charge in [-0.2, -0.15) is 41.6 Å².